The van der Waals surface area contributed by atoms with Crippen LogP contribution in [0.15, 0.2) is 28.1 Å². The highest BCUT2D eigenvalue weighted by molar-refractivity contribution is 8.18. The summed E-state index contributed by atoms with van der Waals surface area (Å²) < 4.78 is 15.7. The van der Waals surface area contributed by atoms with Crippen LogP contribution >= 0.6 is 11.8 Å². The summed E-state index contributed by atoms with van der Waals surface area (Å²) in [5.74, 6) is 0.389. The maximum absolute atomic E-state index is 12.9. The van der Waals surface area contributed by atoms with Crippen LogP contribution in [0.5, 0.6) is 11.5 Å². The highest BCUT2D eigenvalue weighted by Crippen LogP contribution is 2.36. The second-order valence-electron chi connectivity index (χ2n) is 6.89. The predicted octanol–water partition coefficient (Wildman–Crippen LogP) is 3.73. The summed E-state index contributed by atoms with van der Waals surface area (Å²) in [6.07, 6.45) is 1.81. The van der Waals surface area contributed by atoms with Crippen molar-refractivity contribution in [2.75, 3.05) is 20.3 Å². The molecule has 0 radical (unpaired) electrons. The van der Waals surface area contributed by atoms with Gasteiger partial charge < -0.3 is 14.2 Å². The van der Waals surface area contributed by atoms with E-state index in [-0.39, 0.29) is 24.6 Å². The number of carbonyl (C=O) groups excluding carboxylic acids is 2. The Labute approximate surface area is 176 Å². The van der Waals surface area contributed by atoms with Gasteiger partial charge in [-0.25, -0.2) is 4.79 Å². The van der Waals surface area contributed by atoms with E-state index in [1.807, 2.05) is 33.8 Å². The molecule has 0 saturated carbocycles. The SMILES string of the molecule is CCOC(=O)COc1ccc(/C=C2/SC(=NC(C)C)N(C(C)C)C2=O)cc1OC. The highest BCUT2D eigenvalue weighted by Gasteiger charge is 2.35. The van der Waals surface area contributed by atoms with Gasteiger partial charge in [-0.15, -0.1) is 0 Å². The smallest absolute Gasteiger partial charge is 0.344 e. The molecule has 158 valence electrons. The first-order valence-electron chi connectivity index (χ1n) is 9.54. The number of thioether (sulfide) groups is 1. The molecule has 1 aliphatic rings. The molecule has 0 bridgehead atoms. The summed E-state index contributed by atoms with van der Waals surface area (Å²) in [6, 6.07) is 5.39. The van der Waals surface area contributed by atoms with Gasteiger partial charge in [0, 0.05) is 12.1 Å². The lowest BCUT2D eigenvalue weighted by Gasteiger charge is -2.20. The molecule has 1 saturated heterocycles. The number of amides is 1. The van der Waals surface area contributed by atoms with Gasteiger partial charge in [0.25, 0.3) is 5.91 Å². The second kappa shape index (κ2) is 10.3. The maximum atomic E-state index is 12.9. The third kappa shape index (κ3) is 6.00. The molecule has 0 aromatic heterocycles. The molecule has 1 heterocycles. The molecule has 1 aromatic carbocycles. The number of benzene rings is 1. The molecular formula is C21H28N2O5S. The zero-order valence-electron chi connectivity index (χ0n) is 17.7. The summed E-state index contributed by atoms with van der Waals surface area (Å²) in [7, 11) is 1.52. The lowest BCUT2D eigenvalue weighted by atomic mass is 10.1. The fraction of sp³-hybridized carbons (Fsp3) is 0.476. The van der Waals surface area contributed by atoms with Gasteiger partial charge >= 0.3 is 5.97 Å². The Balaban J connectivity index is 2.25. The molecular weight excluding hydrogens is 392 g/mol. The number of aliphatic imine (C=N–C) groups is 1. The van der Waals surface area contributed by atoms with Crippen LogP contribution in [-0.2, 0) is 14.3 Å². The van der Waals surface area contributed by atoms with Crippen LogP contribution in [0.1, 0.15) is 40.2 Å². The Morgan fingerprint density at radius 3 is 2.55 bits per heavy atom. The zero-order chi connectivity index (χ0) is 21.6. The minimum Gasteiger partial charge on any atom is -0.493 e. The number of hydrogen-bond acceptors (Lipinski definition) is 7. The molecule has 1 aromatic rings. The van der Waals surface area contributed by atoms with Crippen molar-refractivity contribution in [3.05, 3.63) is 28.7 Å². The molecule has 2 rings (SSSR count). The van der Waals surface area contributed by atoms with Gasteiger partial charge in [0.15, 0.2) is 23.3 Å². The fourth-order valence-corrected chi connectivity index (χ4v) is 3.87. The Morgan fingerprint density at radius 2 is 1.97 bits per heavy atom. The first kappa shape index (κ1) is 22.8. The predicted molar refractivity (Wildman–Crippen MR) is 115 cm³/mol. The van der Waals surface area contributed by atoms with Gasteiger partial charge in [-0.05, 0) is 70.2 Å². The number of methoxy groups -OCH3 is 1. The average Bonchev–Trinajstić information content (AvgIpc) is 2.95. The van der Waals surface area contributed by atoms with E-state index in [4.69, 9.17) is 14.2 Å². The van der Waals surface area contributed by atoms with E-state index < -0.39 is 5.97 Å². The van der Waals surface area contributed by atoms with Gasteiger partial charge in [0.1, 0.15) is 0 Å². The molecule has 29 heavy (non-hydrogen) atoms. The van der Waals surface area contributed by atoms with E-state index in [0.29, 0.717) is 28.2 Å². The van der Waals surface area contributed by atoms with Crippen LogP contribution in [-0.4, -0.2) is 54.4 Å². The minimum absolute atomic E-state index is 0.0200. The normalized spacial score (nSPS) is 17.0. The highest BCUT2D eigenvalue weighted by atomic mass is 32.2. The van der Waals surface area contributed by atoms with E-state index in [1.54, 1.807) is 30.0 Å². The number of hydrogen-bond donors (Lipinski definition) is 0. The zero-order valence-corrected chi connectivity index (χ0v) is 18.5. The number of carbonyl (C=O) groups is 2. The van der Waals surface area contributed by atoms with Gasteiger partial charge in [0.2, 0.25) is 0 Å². The monoisotopic (exact) mass is 420 g/mol. The Hall–Kier alpha value is -2.48. The van der Waals surface area contributed by atoms with Crippen molar-refractivity contribution in [2.24, 2.45) is 4.99 Å². The number of amidine groups is 1. The molecule has 1 amide bonds. The number of ether oxygens (including phenoxy) is 3. The van der Waals surface area contributed by atoms with Gasteiger partial charge in [-0.1, -0.05) is 6.07 Å². The Morgan fingerprint density at radius 1 is 1.24 bits per heavy atom. The molecule has 0 atom stereocenters. The summed E-state index contributed by atoms with van der Waals surface area (Å²) >= 11 is 1.37. The molecule has 0 N–H and O–H groups in total. The topological polar surface area (TPSA) is 77.4 Å². The molecule has 8 heteroatoms. The van der Waals surface area contributed by atoms with Crippen molar-refractivity contribution < 1.29 is 23.8 Å². The average molecular weight is 421 g/mol. The fourth-order valence-electron chi connectivity index (χ4n) is 2.64. The third-order valence-corrected chi connectivity index (χ3v) is 4.86. The number of rotatable bonds is 8. The Kier molecular flexibility index (Phi) is 8.13. The van der Waals surface area contributed by atoms with E-state index >= 15 is 0 Å². The molecule has 1 aliphatic heterocycles. The van der Waals surface area contributed by atoms with Gasteiger partial charge in [-0.3, -0.25) is 14.7 Å². The standard InChI is InChI=1S/C21H28N2O5S/c1-7-27-19(24)12-28-16-9-8-15(10-17(16)26-6)11-18-20(25)23(14(4)5)21(29-18)22-13(2)3/h8-11,13-14H,7,12H2,1-6H3/b18-11+,22-21?. The lowest BCUT2D eigenvalue weighted by Crippen LogP contribution is -2.35. The van der Waals surface area contributed by atoms with Crippen LogP contribution < -0.4 is 9.47 Å². The van der Waals surface area contributed by atoms with Crippen LogP contribution in [0.2, 0.25) is 0 Å². The third-order valence-electron chi connectivity index (χ3n) is 3.86. The van der Waals surface area contributed by atoms with E-state index in [9.17, 15) is 9.59 Å². The van der Waals surface area contributed by atoms with Gasteiger partial charge in [0.05, 0.1) is 18.6 Å². The van der Waals surface area contributed by atoms with E-state index in [0.717, 1.165) is 5.56 Å². The Bertz CT molecular complexity index is 817. The molecule has 0 spiro atoms. The van der Waals surface area contributed by atoms with Crippen molar-refractivity contribution >= 4 is 34.9 Å². The van der Waals surface area contributed by atoms with Crippen molar-refractivity contribution in [1.82, 2.24) is 4.90 Å². The summed E-state index contributed by atoms with van der Waals surface area (Å²) in [5, 5.41) is 0.715. The summed E-state index contributed by atoms with van der Waals surface area (Å²) in [5.41, 5.74) is 0.788. The first-order chi connectivity index (χ1) is 13.8. The molecule has 7 nitrogen and oxygen atoms in total. The number of esters is 1. The molecule has 0 aliphatic carbocycles. The van der Waals surface area contributed by atoms with Crippen molar-refractivity contribution in [3.63, 3.8) is 0 Å². The summed E-state index contributed by atoms with van der Waals surface area (Å²) in [6.45, 7) is 9.74. The summed E-state index contributed by atoms with van der Waals surface area (Å²) in [4.78, 5) is 31.2. The van der Waals surface area contributed by atoms with Crippen LogP contribution in [0.3, 0.4) is 0 Å². The second-order valence-corrected chi connectivity index (χ2v) is 7.90. The van der Waals surface area contributed by atoms with Crippen LogP contribution in [0, 0.1) is 0 Å². The molecule has 1 fully saturated rings. The van der Waals surface area contributed by atoms with E-state index in [1.165, 1.54) is 18.9 Å². The van der Waals surface area contributed by atoms with Crippen molar-refractivity contribution in [2.45, 2.75) is 46.7 Å². The van der Waals surface area contributed by atoms with Crippen LogP contribution in [0.25, 0.3) is 6.08 Å². The van der Waals surface area contributed by atoms with Crippen molar-refractivity contribution in [1.29, 1.82) is 0 Å². The van der Waals surface area contributed by atoms with Crippen molar-refractivity contribution in [3.8, 4) is 11.5 Å². The lowest BCUT2D eigenvalue weighted by molar-refractivity contribution is -0.145. The van der Waals surface area contributed by atoms with Crippen LogP contribution in [0.4, 0.5) is 0 Å². The van der Waals surface area contributed by atoms with Gasteiger partial charge in [-0.2, -0.15) is 0 Å². The minimum atomic E-state index is -0.445. The first-order valence-corrected chi connectivity index (χ1v) is 10.4. The molecule has 0 unspecified atom stereocenters. The van der Waals surface area contributed by atoms with E-state index in [2.05, 4.69) is 4.99 Å². The number of nitrogens with zero attached hydrogens (tertiary/aromatic N) is 2. The largest absolute Gasteiger partial charge is 0.493 e. The quantitative estimate of drug-likeness (QED) is 0.471. The maximum Gasteiger partial charge on any atom is 0.344 e.